The Balaban J connectivity index is 1.86. The van der Waals surface area contributed by atoms with E-state index in [1.165, 1.54) is 43.2 Å². The zero-order valence-corrected chi connectivity index (χ0v) is 14.8. The van der Waals surface area contributed by atoms with Crippen LogP contribution >= 0.6 is 0 Å². The maximum Gasteiger partial charge on any atom is 0.303 e. The number of sulfonamides is 1. The number of amides is 1. The molecule has 0 bridgehead atoms. The van der Waals surface area contributed by atoms with Crippen molar-refractivity contribution in [2.24, 2.45) is 0 Å². The molecule has 0 aliphatic rings. The van der Waals surface area contributed by atoms with Crippen molar-refractivity contribution in [1.82, 2.24) is 9.29 Å². The Hall–Kier alpha value is -3.39. The van der Waals surface area contributed by atoms with Crippen LogP contribution in [0.2, 0.25) is 0 Å². The zero-order valence-electron chi connectivity index (χ0n) is 14.0. The van der Waals surface area contributed by atoms with Gasteiger partial charge >= 0.3 is 5.91 Å². The van der Waals surface area contributed by atoms with Crippen molar-refractivity contribution in [2.75, 3.05) is 0 Å². The standard InChI is InChI=1S/C19H14N2O5S/c22-19(16-6-3-10-26-16)21(12-14-8-11-25-13-14)27(23,24)17-7-1-4-15-5-2-9-20-18(15)17/h1-11,13H,12H2. The van der Waals surface area contributed by atoms with Crippen LogP contribution < -0.4 is 0 Å². The van der Waals surface area contributed by atoms with Crippen molar-refractivity contribution < 1.29 is 22.0 Å². The molecule has 0 fully saturated rings. The van der Waals surface area contributed by atoms with E-state index in [4.69, 9.17) is 8.83 Å². The van der Waals surface area contributed by atoms with Crippen LogP contribution in [0, 0.1) is 0 Å². The largest absolute Gasteiger partial charge is 0.472 e. The molecule has 0 radical (unpaired) electrons. The number of hydrogen-bond donors (Lipinski definition) is 0. The summed E-state index contributed by atoms with van der Waals surface area (Å²) in [5, 5.41) is 0.660. The molecule has 7 nitrogen and oxygen atoms in total. The lowest BCUT2D eigenvalue weighted by Gasteiger charge is -2.21. The summed E-state index contributed by atoms with van der Waals surface area (Å²) in [6.07, 6.45) is 5.63. The smallest absolute Gasteiger partial charge is 0.303 e. The minimum atomic E-state index is -4.21. The highest BCUT2D eigenvalue weighted by atomic mass is 32.2. The minimum absolute atomic E-state index is 0.0519. The second-order valence-corrected chi connectivity index (χ2v) is 7.59. The average Bonchev–Trinajstić information content (AvgIpc) is 3.39. The number of nitrogens with zero attached hydrogens (tertiary/aromatic N) is 2. The van der Waals surface area contributed by atoms with Gasteiger partial charge in [0.25, 0.3) is 10.0 Å². The Bertz CT molecular complexity index is 1180. The number of pyridine rings is 1. The number of fused-ring (bicyclic) bond motifs is 1. The highest BCUT2D eigenvalue weighted by Crippen LogP contribution is 2.26. The molecule has 0 saturated heterocycles. The highest BCUT2D eigenvalue weighted by Gasteiger charge is 2.33. The summed E-state index contributed by atoms with van der Waals surface area (Å²) in [5.74, 6) is -0.843. The Morgan fingerprint density at radius 2 is 1.89 bits per heavy atom. The number of benzene rings is 1. The summed E-state index contributed by atoms with van der Waals surface area (Å²) in [4.78, 5) is 17.0. The van der Waals surface area contributed by atoms with Gasteiger partial charge in [-0.3, -0.25) is 9.78 Å². The van der Waals surface area contributed by atoms with E-state index in [1.54, 1.807) is 30.3 Å². The SMILES string of the molecule is O=C(c1ccco1)N(Cc1ccoc1)S(=O)(=O)c1cccc2cccnc12. The molecule has 4 aromatic rings. The molecule has 0 spiro atoms. The van der Waals surface area contributed by atoms with E-state index in [-0.39, 0.29) is 17.2 Å². The Morgan fingerprint density at radius 1 is 1.04 bits per heavy atom. The number of carbonyl (C=O) groups is 1. The van der Waals surface area contributed by atoms with E-state index >= 15 is 0 Å². The normalized spacial score (nSPS) is 11.6. The van der Waals surface area contributed by atoms with Gasteiger partial charge in [-0.2, -0.15) is 0 Å². The third kappa shape index (κ3) is 3.11. The van der Waals surface area contributed by atoms with Gasteiger partial charge < -0.3 is 8.83 Å². The first-order valence-electron chi connectivity index (χ1n) is 8.03. The highest BCUT2D eigenvalue weighted by molar-refractivity contribution is 7.89. The van der Waals surface area contributed by atoms with E-state index in [0.29, 0.717) is 16.5 Å². The van der Waals surface area contributed by atoms with Crippen LogP contribution in [0.4, 0.5) is 0 Å². The number of rotatable bonds is 5. The van der Waals surface area contributed by atoms with E-state index < -0.39 is 15.9 Å². The molecule has 0 unspecified atom stereocenters. The molecule has 3 aromatic heterocycles. The van der Waals surface area contributed by atoms with Crippen LogP contribution in [0.25, 0.3) is 10.9 Å². The van der Waals surface area contributed by atoms with Crippen LogP contribution in [0.1, 0.15) is 16.1 Å². The Labute approximate surface area is 154 Å². The topological polar surface area (TPSA) is 93.6 Å². The quantitative estimate of drug-likeness (QED) is 0.525. The van der Waals surface area contributed by atoms with E-state index in [2.05, 4.69) is 4.98 Å². The maximum absolute atomic E-state index is 13.4. The average molecular weight is 382 g/mol. The van der Waals surface area contributed by atoms with Gasteiger partial charge in [-0.25, -0.2) is 12.7 Å². The molecule has 0 N–H and O–H groups in total. The third-order valence-electron chi connectivity index (χ3n) is 4.03. The summed E-state index contributed by atoms with van der Waals surface area (Å²) < 4.78 is 37.7. The van der Waals surface area contributed by atoms with Gasteiger partial charge in [0, 0.05) is 17.1 Å². The summed E-state index contributed by atoms with van der Waals surface area (Å²) in [7, 11) is -4.21. The van der Waals surface area contributed by atoms with Crippen LogP contribution in [0.3, 0.4) is 0 Å². The molecular weight excluding hydrogens is 368 g/mol. The fourth-order valence-corrected chi connectivity index (χ4v) is 4.27. The van der Waals surface area contributed by atoms with E-state index in [0.717, 1.165) is 4.31 Å². The summed E-state index contributed by atoms with van der Waals surface area (Å²) in [6, 6.07) is 12.8. The zero-order chi connectivity index (χ0) is 18.9. The monoisotopic (exact) mass is 382 g/mol. The molecule has 1 aromatic carbocycles. The fourth-order valence-electron chi connectivity index (χ4n) is 2.74. The fraction of sp³-hybridized carbons (Fsp3) is 0.0526. The van der Waals surface area contributed by atoms with Crippen molar-refractivity contribution in [3.63, 3.8) is 0 Å². The Kier molecular flexibility index (Phi) is 4.25. The van der Waals surface area contributed by atoms with E-state index in [1.807, 2.05) is 0 Å². The van der Waals surface area contributed by atoms with Gasteiger partial charge in [-0.05, 0) is 30.3 Å². The van der Waals surface area contributed by atoms with Crippen LogP contribution in [-0.4, -0.2) is 23.6 Å². The number of furan rings is 2. The number of carbonyl (C=O) groups excluding carboxylic acids is 1. The third-order valence-corrected chi connectivity index (χ3v) is 5.79. The lowest BCUT2D eigenvalue weighted by atomic mass is 10.2. The maximum atomic E-state index is 13.4. The molecule has 8 heteroatoms. The molecule has 3 heterocycles. The molecule has 0 aliphatic heterocycles. The van der Waals surface area contributed by atoms with Crippen molar-refractivity contribution in [1.29, 1.82) is 0 Å². The van der Waals surface area contributed by atoms with Gasteiger partial charge in [-0.15, -0.1) is 0 Å². The van der Waals surface area contributed by atoms with Gasteiger partial charge in [0.05, 0.1) is 30.9 Å². The van der Waals surface area contributed by atoms with Crippen LogP contribution in [-0.2, 0) is 16.6 Å². The molecular formula is C19H14N2O5S. The van der Waals surface area contributed by atoms with Crippen molar-refractivity contribution in [3.8, 4) is 0 Å². The molecule has 1 amide bonds. The lowest BCUT2D eigenvalue weighted by Crippen LogP contribution is -2.36. The van der Waals surface area contributed by atoms with Gasteiger partial charge in [0.1, 0.15) is 4.90 Å². The lowest BCUT2D eigenvalue weighted by molar-refractivity contribution is 0.0824. The first kappa shape index (κ1) is 17.0. The van der Waals surface area contributed by atoms with Gasteiger partial charge in [-0.1, -0.05) is 18.2 Å². The van der Waals surface area contributed by atoms with Crippen molar-refractivity contribution in [3.05, 3.63) is 84.8 Å². The predicted octanol–water partition coefficient (Wildman–Crippen LogP) is 3.45. The van der Waals surface area contributed by atoms with Crippen molar-refractivity contribution >= 4 is 26.8 Å². The van der Waals surface area contributed by atoms with Gasteiger partial charge in [0.2, 0.25) is 0 Å². The first-order chi connectivity index (χ1) is 13.1. The summed E-state index contributed by atoms with van der Waals surface area (Å²) in [6.45, 7) is -0.193. The van der Waals surface area contributed by atoms with Crippen LogP contribution in [0.5, 0.6) is 0 Å². The van der Waals surface area contributed by atoms with Crippen molar-refractivity contribution in [2.45, 2.75) is 11.4 Å². The number of aromatic nitrogens is 1. The summed E-state index contributed by atoms with van der Waals surface area (Å²) >= 11 is 0. The molecule has 0 saturated carbocycles. The van der Waals surface area contributed by atoms with E-state index in [9.17, 15) is 13.2 Å². The summed E-state index contributed by atoms with van der Waals surface area (Å²) in [5.41, 5.74) is 0.830. The van der Waals surface area contributed by atoms with Crippen LogP contribution in [0.15, 0.2) is 87.2 Å². The second kappa shape index (κ2) is 6.73. The molecule has 0 aliphatic carbocycles. The Morgan fingerprint density at radius 3 is 2.63 bits per heavy atom. The molecule has 4 rings (SSSR count). The molecule has 136 valence electrons. The molecule has 0 atom stereocenters. The first-order valence-corrected chi connectivity index (χ1v) is 9.47. The number of hydrogen-bond acceptors (Lipinski definition) is 6. The molecule has 27 heavy (non-hydrogen) atoms. The minimum Gasteiger partial charge on any atom is -0.472 e. The van der Waals surface area contributed by atoms with Gasteiger partial charge in [0.15, 0.2) is 5.76 Å². The number of para-hydroxylation sites is 1. The second-order valence-electron chi connectivity index (χ2n) is 5.76. The predicted molar refractivity (Wildman–Crippen MR) is 96.2 cm³/mol.